The Hall–Kier alpha value is -2.47. The van der Waals surface area contributed by atoms with Crippen LogP contribution in [0.5, 0.6) is 23.0 Å². The molecule has 0 spiro atoms. The van der Waals surface area contributed by atoms with E-state index in [-0.39, 0.29) is 0 Å². The minimum absolute atomic E-state index is 0.427. The third kappa shape index (κ3) is 5.00. The standard InChI is InChI=1S/C19H22O5S/c1-21-16-7-5-14(6-8-16)13-25(20)10-9-15-11-18(23-3)19(24-4)12-17(15)22-2/h5-12H,13H2,1-4H3/b10-9+. The van der Waals surface area contributed by atoms with Crippen molar-refractivity contribution in [3.8, 4) is 23.0 Å². The highest BCUT2D eigenvalue weighted by molar-refractivity contribution is 7.87. The number of rotatable bonds is 8. The largest absolute Gasteiger partial charge is 0.497 e. The molecule has 5 nitrogen and oxygen atoms in total. The molecule has 0 fully saturated rings. The van der Waals surface area contributed by atoms with Gasteiger partial charge in [-0.15, -0.1) is 0 Å². The number of ether oxygens (including phenoxy) is 4. The van der Waals surface area contributed by atoms with Crippen molar-refractivity contribution in [1.82, 2.24) is 0 Å². The minimum atomic E-state index is -1.16. The van der Waals surface area contributed by atoms with Gasteiger partial charge in [0, 0.05) is 17.0 Å². The molecule has 0 amide bonds. The van der Waals surface area contributed by atoms with E-state index < -0.39 is 10.8 Å². The molecule has 2 rings (SSSR count). The van der Waals surface area contributed by atoms with Crippen LogP contribution in [0.25, 0.3) is 6.08 Å². The number of hydrogen-bond donors (Lipinski definition) is 0. The van der Waals surface area contributed by atoms with Gasteiger partial charge in [-0.25, -0.2) is 0 Å². The molecule has 0 saturated heterocycles. The highest BCUT2D eigenvalue weighted by atomic mass is 32.2. The second-order valence-corrected chi connectivity index (χ2v) is 6.45. The van der Waals surface area contributed by atoms with Crippen molar-refractivity contribution in [2.75, 3.05) is 28.4 Å². The summed E-state index contributed by atoms with van der Waals surface area (Å²) in [5.41, 5.74) is 1.74. The van der Waals surface area contributed by atoms with Crippen LogP contribution in [-0.2, 0) is 16.6 Å². The molecule has 1 atom stereocenters. The Labute approximate surface area is 150 Å². The summed E-state index contributed by atoms with van der Waals surface area (Å²) in [6.45, 7) is 0. The van der Waals surface area contributed by atoms with Crippen molar-refractivity contribution in [2.45, 2.75) is 5.75 Å². The van der Waals surface area contributed by atoms with Crippen LogP contribution in [0.2, 0.25) is 0 Å². The number of methoxy groups -OCH3 is 4. The van der Waals surface area contributed by atoms with Crippen LogP contribution in [0.1, 0.15) is 11.1 Å². The first-order chi connectivity index (χ1) is 12.1. The zero-order chi connectivity index (χ0) is 18.2. The van der Waals surface area contributed by atoms with Gasteiger partial charge in [0.25, 0.3) is 0 Å². The average Bonchev–Trinajstić information content (AvgIpc) is 2.66. The lowest BCUT2D eigenvalue weighted by Crippen LogP contribution is -1.95. The van der Waals surface area contributed by atoms with Crippen molar-refractivity contribution < 1.29 is 23.2 Å². The zero-order valence-electron chi connectivity index (χ0n) is 14.8. The normalized spacial score (nSPS) is 12.0. The summed E-state index contributed by atoms with van der Waals surface area (Å²) < 4.78 is 33.4. The van der Waals surface area contributed by atoms with E-state index in [1.165, 1.54) is 0 Å². The summed E-state index contributed by atoms with van der Waals surface area (Å²) in [6, 6.07) is 11.0. The molecule has 1 unspecified atom stereocenters. The molecule has 0 saturated carbocycles. The number of benzene rings is 2. The molecule has 6 heteroatoms. The van der Waals surface area contributed by atoms with Crippen molar-refractivity contribution in [1.29, 1.82) is 0 Å². The lowest BCUT2D eigenvalue weighted by atomic mass is 10.1. The lowest BCUT2D eigenvalue weighted by Gasteiger charge is -2.12. The lowest BCUT2D eigenvalue weighted by molar-refractivity contribution is 0.348. The summed E-state index contributed by atoms with van der Waals surface area (Å²) in [5, 5.41) is 1.65. The molecule has 134 valence electrons. The van der Waals surface area contributed by atoms with Crippen LogP contribution >= 0.6 is 0 Å². The van der Waals surface area contributed by atoms with Gasteiger partial charge >= 0.3 is 0 Å². The van der Waals surface area contributed by atoms with E-state index in [1.807, 2.05) is 24.3 Å². The van der Waals surface area contributed by atoms with Crippen LogP contribution in [0.3, 0.4) is 0 Å². The van der Waals surface area contributed by atoms with E-state index >= 15 is 0 Å². The molecule has 0 aromatic heterocycles. The van der Waals surface area contributed by atoms with Crippen LogP contribution in [0.4, 0.5) is 0 Å². The van der Waals surface area contributed by atoms with Gasteiger partial charge in [-0.3, -0.25) is 4.21 Å². The van der Waals surface area contributed by atoms with Crippen molar-refractivity contribution >= 4 is 16.9 Å². The molecule has 0 bridgehead atoms. The van der Waals surface area contributed by atoms with Crippen molar-refractivity contribution in [3.63, 3.8) is 0 Å². The minimum Gasteiger partial charge on any atom is -0.497 e. The first-order valence-corrected chi connectivity index (χ1v) is 8.97. The van der Waals surface area contributed by atoms with Crippen LogP contribution in [0.15, 0.2) is 41.8 Å². The van der Waals surface area contributed by atoms with Gasteiger partial charge in [-0.2, -0.15) is 0 Å². The van der Waals surface area contributed by atoms with Crippen LogP contribution in [0, 0.1) is 0 Å². The van der Waals surface area contributed by atoms with E-state index in [4.69, 9.17) is 18.9 Å². The smallest absolute Gasteiger partial charge is 0.164 e. The topological polar surface area (TPSA) is 54.0 Å². The summed E-state index contributed by atoms with van der Waals surface area (Å²) in [5.74, 6) is 2.99. The molecule has 0 aliphatic rings. The second kappa shape index (κ2) is 9.13. The van der Waals surface area contributed by atoms with E-state index in [1.54, 1.807) is 52.1 Å². The second-order valence-electron chi connectivity index (χ2n) is 5.13. The summed E-state index contributed by atoms with van der Waals surface area (Å²) in [4.78, 5) is 0. The Morgan fingerprint density at radius 3 is 2.00 bits per heavy atom. The maximum atomic E-state index is 12.3. The summed E-state index contributed by atoms with van der Waals surface area (Å²) >= 11 is 0. The Morgan fingerprint density at radius 1 is 0.840 bits per heavy atom. The fourth-order valence-electron chi connectivity index (χ4n) is 2.27. The summed E-state index contributed by atoms with van der Waals surface area (Å²) in [6.07, 6.45) is 1.76. The molecular weight excluding hydrogens is 340 g/mol. The Bertz CT molecular complexity index is 753. The van der Waals surface area contributed by atoms with Gasteiger partial charge in [0.05, 0.1) is 45.0 Å². The van der Waals surface area contributed by atoms with E-state index in [2.05, 4.69) is 0 Å². The average molecular weight is 362 g/mol. The molecule has 0 aliphatic heterocycles. The molecule has 0 radical (unpaired) electrons. The zero-order valence-corrected chi connectivity index (χ0v) is 15.6. The Balaban J connectivity index is 2.15. The molecule has 25 heavy (non-hydrogen) atoms. The fourth-order valence-corrected chi connectivity index (χ4v) is 3.18. The molecule has 2 aromatic rings. The SMILES string of the molecule is COc1ccc(CS(=O)/C=C/c2cc(OC)c(OC)cc2OC)cc1. The summed E-state index contributed by atoms with van der Waals surface area (Å²) in [7, 11) is 5.17. The molecule has 0 heterocycles. The van der Waals surface area contributed by atoms with Gasteiger partial charge in [0.1, 0.15) is 11.5 Å². The Morgan fingerprint density at radius 2 is 1.44 bits per heavy atom. The molecule has 2 aromatic carbocycles. The predicted octanol–water partition coefficient (Wildman–Crippen LogP) is 3.64. The van der Waals surface area contributed by atoms with Gasteiger partial charge < -0.3 is 18.9 Å². The first-order valence-electron chi connectivity index (χ1n) is 7.59. The number of hydrogen-bond acceptors (Lipinski definition) is 5. The highest BCUT2D eigenvalue weighted by Crippen LogP contribution is 2.35. The Kier molecular flexibility index (Phi) is 6.89. The third-order valence-electron chi connectivity index (χ3n) is 3.60. The first kappa shape index (κ1) is 18.9. The maximum Gasteiger partial charge on any atom is 0.164 e. The van der Waals surface area contributed by atoms with E-state index in [0.717, 1.165) is 16.9 Å². The fraction of sp³-hybridized carbons (Fsp3) is 0.263. The van der Waals surface area contributed by atoms with E-state index in [9.17, 15) is 4.21 Å². The van der Waals surface area contributed by atoms with Gasteiger partial charge in [-0.1, -0.05) is 12.1 Å². The molecule has 0 N–H and O–H groups in total. The third-order valence-corrected chi connectivity index (χ3v) is 4.66. The van der Waals surface area contributed by atoms with E-state index in [0.29, 0.717) is 23.0 Å². The van der Waals surface area contributed by atoms with Crippen molar-refractivity contribution in [2.24, 2.45) is 0 Å². The van der Waals surface area contributed by atoms with Crippen LogP contribution < -0.4 is 18.9 Å². The van der Waals surface area contributed by atoms with Gasteiger partial charge in [0.2, 0.25) is 0 Å². The van der Waals surface area contributed by atoms with Gasteiger partial charge in [0.15, 0.2) is 11.5 Å². The van der Waals surface area contributed by atoms with Crippen LogP contribution in [-0.4, -0.2) is 32.6 Å². The molecular formula is C19H22O5S. The molecule has 0 aliphatic carbocycles. The van der Waals surface area contributed by atoms with Crippen molar-refractivity contribution in [3.05, 3.63) is 52.9 Å². The maximum absolute atomic E-state index is 12.3. The predicted molar refractivity (Wildman–Crippen MR) is 100.0 cm³/mol. The highest BCUT2D eigenvalue weighted by Gasteiger charge is 2.10. The monoisotopic (exact) mass is 362 g/mol. The quantitative estimate of drug-likeness (QED) is 0.718. The van der Waals surface area contributed by atoms with Gasteiger partial charge in [-0.05, 0) is 29.8 Å².